The van der Waals surface area contributed by atoms with Crippen LogP contribution in [0.4, 0.5) is 0 Å². The molecule has 3 heteroatoms. The molecule has 32 heavy (non-hydrogen) atoms. The largest absolute Gasteiger partial charge is 0.385 e. The van der Waals surface area contributed by atoms with Crippen molar-refractivity contribution < 1.29 is 9.53 Å². The Morgan fingerprint density at radius 2 is 1.34 bits per heavy atom. The number of methoxy groups -OCH3 is 1. The van der Waals surface area contributed by atoms with Gasteiger partial charge in [-0.25, -0.2) is 0 Å². The second-order valence-corrected chi connectivity index (χ2v) is 7.60. The lowest BCUT2D eigenvalue weighted by molar-refractivity contribution is -0.115. The van der Waals surface area contributed by atoms with Crippen molar-refractivity contribution in [1.29, 1.82) is 0 Å². The van der Waals surface area contributed by atoms with E-state index in [4.69, 9.17) is 4.74 Å². The summed E-state index contributed by atoms with van der Waals surface area (Å²) in [6, 6.07) is 29.1. The lowest BCUT2D eigenvalue weighted by Crippen LogP contribution is -2.25. The van der Waals surface area contributed by atoms with Gasteiger partial charge in [0, 0.05) is 25.8 Å². The molecule has 0 fully saturated rings. The highest BCUT2D eigenvalue weighted by Crippen LogP contribution is 2.34. The standard InChI is InChI=1S/C29H31NO2/c1-4-27(24-12-7-5-8-13-24)28(25-14-9-6-10-15-25)26-18-16-23(17-19-26)22(2)29(31)30-20-11-21-32-3/h5-10,12-19H,2,4,11,20-21H2,1,3H3,(H,30,31)/b28-27-. The Labute approximate surface area is 191 Å². The summed E-state index contributed by atoms with van der Waals surface area (Å²) in [5.41, 5.74) is 7.31. The number of allylic oxidation sites excluding steroid dienone is 1. The first kappa shape index (κ1) is 23.2. The molecule has 0 atom stereocenters. The first-order valence-electron chi connectivity index (χ1n) is 11.1. The van der Waals surface area contributed by atoms with Gasteiger partial charge in [0.25, 0.3) is 5.91 Å². The molecule has 0 saturated heterocycles. The minimum absolute atomic E-state index is 0.147. The average Bonchev–Trinajstić information content (AvgIpc) is 2.85. The van der Waals surface area contributed by atoms with Gasteiger partial charge < -0.3 is 10.1 Å². The minimum atomic E-state index is -0.147. The van der Waals surface area contributed by atoms with Crippen LogP contribution in [-0.2, 0) is 9.53 Å². The van der Waals surface area contributed by atoms with E-state index < -0.39 is 0 Å². The Bertz CT molecular complexity index is 1050. The summed E-state index contributed by atoms with van der Waals surface area (Å²) in [6.07, 6.45) is 1.69. The molecule has 0 aromatic heterocycles. The molecule has 0 aliphatic rings. The maximum Gasteiger partial charge on any atom is 0.251 e. The van der Waals surface area contributed by atoms with Crippen molar-refractivity contribution in [2.24, 2.45) is 0 Å². The van der Waals surface area contributed by atoms with E-state index in [0.29, 0.717) is 18.7 Å². The third kappa shape index (κ3) is 5.83. The maximum absolute atomic E-state index is 12.4. The first-order valence-corrected chi connectivity index (χ1v) is 11.1. The summed E-state index contributed by atoms with van der Waals surface area (Å²) in [6.45, 7) is 7.38. The van der Waals surface area contributed by atoms with Gasteiger partial charge in [-0.2, -0.15) is 0 Å². The van der Waals surface area contributed by atoms with Gasteiger partial charge in [-0.3, -0.25) is 4.79 Å². The van der Waals surface area contributed by atoms with Crippen molar-refractivity contribution in [2.45, 2.75) is 19.8 Å². The van der Waals surface area contributed by atoms with Crippen LogP contribution >= 0.6 is 0 Å². The normalized spacial score (nSPS) is 11.6. The molecule has 0 unspecified atom stereocenters. The Morgan fingerprint density at radius 3 is 1.91 bits per heavy atom. The first-order chi connectivity index (χ1) is 15.7. The van der Waals surface area contributed by atoms with Gasteiger partial charge in [0.1, 0.15) is 0 Å². The summed E-state index contributed by atoms with van der Waals surface area (Å²) < 4.78 is 5.02. The fourth-order valence-electron chi connectivity index (χ4n) is 3.78. The van der Waals surface area contributed by atoms with Gasteiger partial charge in [0.15, 0.2) is 0 Å². The number of benzene rings is 3. The van der Waals surface area contributed by atoms with Crippen LogP contribution in [0.25, 0.3) is 16.7 Å². The molecule has 0 radical (unpaired) electrons. The zero-order valence-electron chi connectivity index (χ0n) is 18.9. The molecule has 3 rings (SSSR count). The number of carbonyl (C=O) groups excluding carboxylic acids is 1. The highest BCUT2D eigenvalue weighted by Gasteiger charge is 2.14. The van der Waals surface area contributed by atoms with Crippen LogP contribution in [0.15, 0.2) is 91.5 Å². The number of rotatable bonds is 10. The summed E-state index contributed by atoms with van der Waals surface area (Å²) >= 11 is 0. The lowest BCUT2D eigenvalue weighted by atomic mass is 9.87. The third-order valence-electron chi connectivity index (χ3n) is 5.45. The predicted molar refractivity (Wildman–Crippen MR) is 134 cm³/mol. The number of hydrogen-bond donors (Lipinski definition) is 1. The van der Waals surface area contributed by atoms with E-state index in [-0.39, 0.29) is 5.91 Å². The van der Waals surface area contributed by atoms with Crippen molar-refractivity contribution in [2.75, 3.05) is 20.3 Å². The summed E-state index contributed by atoms with van der Waals surface area (Å²) in [7, 11) is 1.65. The van der Waals surface area contributed by atoms with E-state index >= 15 is 0 Å². The molecule has 0 bridgehead atoms. The number of ether oxygens (including phenoxy) is 1. The average molecular weight is 426 g/mol. The van der Waals surface area contributed by atoms with Gasteiger partial charge in [-0.05, 0) is 46.2 Å². The Morgan fingerprint density at radius 1 is 0.812 bits per heavy atom. The van der Waals surface area contributed by atoms with Crippen molar-refractivity contribution in [3.63, 3.8) is 0 Å². The monoisotopic (exact) mass is 425 g/mol. The molecule has 3 aromatic carbocycles. The zero-order chi connectivity index (χ0) is 22.8. The van der Waals surface area contributed by atoms with Crippen LogP contribution in [0.1, 0.15) is 42.0 Å². The van der Waals surface area contributed by atoms with Crippen LogP contribution in [0.5, 0.6) is 0 Å². The summed E-state index contributed by atoms with van der Waals surface area (Å²) in [5.74, 6) is -0.147. The SMILES string of the molecule is C=C(C(=O)NCCCOC)c1ccc(/C(=C(/CC)c2ccccc2)c2ccccc2)cc1. The fourth-order valence-corrected chi connectivity index (χ4v) is 3.78. The molecule has 0 aliphatic heterocycles. The van der Waals surface area contributed by atoms with Crippen molar-refractivity contribution >= 4 is 22.6 Å². The van der Waals surface area contributed by atoms with Crippen LogP contribution in [0.2, 0.25) is 0 Å². The van der Waals surface area contributed by atoms with Crippen LogP contribution in [-0.4, -0.2) is 26.2 Å². The fraction of sp³-hybridized carbons (Fsp3) is 0.207. The molecule has 1 N–H and O–H groups in total. The Balaban J connectivity index is 1.93. The number of nitrogens with one attached hydrogen (secondary N) is 1. The second-order valence-electron chi connectivity index (χ2n) is 7.60. The van der Waals surface area contributed by atoms with Crippen molar-refractivity contribution in [3.05, 3.63) is 114 Å². The van der Waals surface area contributed by atoms with Crippen LogP contribution < -0.4 is 5.32 Å². The van der Waals surface area contributed by atoms with E-state index in [1.165, 1.54) is 22.3 Å². The van der Waals surface area contributed by atoms with Gasteiger partial charge in [-0.15, -0.1) is 0 Å². The molecule has 164 valence electrons. The quantitative estimate of drug-likeness (QED) is 0.238. The Hall–Kier alpha value is -3.43. The van der Waals surface area contributed by atoms with E-state index in [9.17, 15) is 4.79 Å². The highest BCUT2D eigenvalue weighted by atomic mass is 16.5. The third-order valence-corrected chi connectivity index (χ3v) is 5.45. The topological polar surface area (TPSA) is 38.3 Å². The molecule has 0 aliphatic carbocycles. The summed E-state index contributed by atoms with van der Waals surface area (Å²) in [5, 5.41) is 2.90. The van der Waals surface area contributed by atoms with Gasteiger partial charge in [-0.1, -0.05) is 98.4 Å². The Kier molecular flexibility index (Phi) is 8.59. The van der Waals surface area contributed by atoms with E-state index in [2.05, 4.69) is 79.5 Å². The van der Waals surface area contributed by atoms with Gasteiger partial charge in [0.05, 0.1) is 0 Å². The lowest BCUT2D eigenvalue weighted by Gasteiger charge is -2.17. The van der Waals surface area contributed by atoms with Crippen LogP contribution in [0.3, 0.4) is 0 Å². The van der Waals surface area contributed by atoms with Gasteiger partial charge >= 0.3 is 0 Å². The van der Waals surface area contributed by atoms with E-state index in [1.807, 2.05) is 24.3 Å². The number of hydrogen-bond acceptors (Lipinski definition) is 2. The van der Waals surface area contributed by atoms with E-state index in [0.717, 1.165) is 24.0 Å². The minimum Gasteiger partial charge on any atom is -0.385 e. The molecular formula is C29H31NO2. The van der Waals surface area contributed by atoms with Crippen molar-refractivity contribution in [1.82, 2.24) is 5.32 Å². The molecule has 3 aromatic rings. The van der Waals surface area contributed by atoms with Crippen molar-refractivity contribution in [3.8, 4) is 0 Å². The molecular weight excluding hydrogens is 394 g/mol. The molecule has 0 heterocycles. The highest BCUT2D eigenvalue weighted by molar-refractivity contribution is 6.18. The predicted octanol–water partition coefficient (Wildman–Crippen LogP) is 6.22. The van der Waals surface area contributed by atoms with E-state index in [1.54, 1.807) is 7.11 Å². The second kappa shape index (κ2) is 11.8. The zero-order valence-corrected chi connectivity index (χ0v) is 18.9. The van der Waals surface area contributed by atoms with Gasteiger partial charge in [0.2, 0.25) is 0 Å². The number of carbonyl (C=O) groups is 1. The van der Waals surface area contributed by atoms with Crippen LogP contribution in [0, 0.1) is 0 Å². The summed E-state index contributed by atoms with van der Waals surface area (Å²) in [4.78, 5) is 12.4. The maximum atomic E-state index is 12.4. The molecule has 3 nitrogen and oxygen atoms in total. The smallest absolute Gasteiger partial charge is 0.251 e. The molecule has 1 amide bonds. The number of amides is 1. The molecule has 0 spiro atoms. The molecule has 0 saturated carbocycles.